The van der Waals surface area contributed by atoms with E-state index in [-0.39, 0.29) is 11.1 Å². The molecule has 0 fully saturated rings. The summed E-state index contributed by atoms with van der Waals surface area (Å²) in [6.07, 6.45) is 0. The molecular formula is C14H8BrNO3S. The first-order valence-electron chi connectivity index (χ1n) is 5.72. The molecule has 6 heteroatoms. The SMILES string of the molecule is O=C(O)c1cc(Br)ccc1-n1sc2ccccc2c1=O. The molecule has 3 rings (SSSR count). The second-order valence-corrected chi connectivity index (χ2v) is 6.06. The predicted octanol–water partition coefficient (Wildman–Crippen LogP) is 3.51. The van der Waals surface area contributed by atoms with Crippen molar-refractivity contribution in [1.82, 2.24) is 3.96 Å². The van der Waals surface area contributed by atoms with Crippen LogP contribution >= 0.6 is 27.5 Å². The van der Waals surface area contributed by atoms with E-state index in [1.54, 1.807) is 24.3 Å². The number of nitrogens with zero attached hydrogens (tertiary/aromatic N) is 1. The number of aromatic carboxylic acids is 1. The van der Waals surface area contributed by atoms with E-state index in [9.17, 15) is 14.7 Å². The third kappa shape index (κ3) is 2.07. The van der Waals surface area contributed by atoms with E-state index in [1.165, 1.54) is 21.6 Å². The molecular weight excluding hydrogens is 342 g/mol. The third-order valence-electron chi connectivity index (χ3n) is 2.90. The second-order valence-electron chi connectivity index (χ2n) is 4.15. The van der Waals surface area contributed by atoms with Crippen LogP contribution in [-0.4, -0.2) is 15.0 Å². The van der Waals surface area contributed by atoms with Gasteiger partial charge >= 0.3 is 5.97 Å². The fraction of sp³-hybridized carbons (Fsp3) is 0. The minimum Gasteiger partial charge on any atom is -0.478 e. The lowest BCUT2D eigenvalue weighted by Crippen LogP contribution is -2.14. The minimum atomic E-state index is -1.06. The Morgan fingerprint density at radius 1 is 1.20 bits per heavy atom. The lowest BCUT2D eigenvalue weighted by Gasteiger charge is -2.05. The van der Waals surface area contributed by atoms with Crippen molar-refractivity contribution in [2.75, 3.05) is 0 Å². The van der Waals surface area contributed by atoms with Crippen molar-refractivity contribution in [2.24, 2.45) is 0 Å². The van der Waals surface area contributed by atoms with Gasteiger partial charge in [0.1, 0.15) is 0 Å². The number of hydrogen-bond acceptors (Lipinski definition) is 3. The van der Waals surface area contributed by atoms with Crippen molar-refractivity contribution in [3.8, 4) is 5.69 Å². The maximum atomic E-state index is 12.4. The van der Waals surface area contributed by atoms with Crippen LogP contribution in [0.3, 0.4) is 0 Å². The van der Waals surface area contributed by atoms with Crippen molar-refractivity contribution in [2.45, 2.75) is 0 Å². The predicted molar refractivity (Wildman–Crippen MR) is 82.1 cm³/mol. The molecule has 0 aliphatic rings. The van der Waals surface area contributed by atoms with Gasteiger partial charge in [-0.3, -0.25) is 4.79 Å². The third-order valence-corrected chi connectivity index (χ3v) is 4.49. The van der Waals surface area contributed by atoms with Crippen LogP contribution in [0.4, 0.5) is 0 Å². The summed E-state index contributed by atoms with van der Waals surface area (Å²) >= 11 is 4.48. The van der Waals surface area contributed by atoms with Gasteiger partial charge in [0.25, 0.3) is 5.56 Å². The van der Waals surface area contributed by atoms with Gasteiger partial charge in [-0.15, -0.1) is 0 Å². The van der Waals surface area contributed by atoms with Crippen LogP contribution in [0.15, 0.2) is 51.7 Å². The zero-order valence-electron chi connectivity index (χ0n) is 10.0. The van der Waals surface area contributed by atoms with Crippen LogP contribution in [0.1, 0.15) is 10.4 Å². The highest BCUT2D eigenvalue weighted by Gasteiger charge is 2.16. The molecule has 2 aromatic carbocycles. The molecule has 0 aliphatic heterocycles. The topological polar surface area (TPSA) is 59.3 Å². The van der Waals surface area contributed by atoms with Crippen LogP contribution < -0.4 is 5.56 Å². The molecule has 0 atom stereocenters. The molecule has 0 unspecified atom stereocenters. The van der Waals surface area contributed by atoms with Crippen molar-refractivity contribution in [3.05, 3.63) is 62.9 Å². The van der Waals surface area contributed by atoms with Crippen molar-refractivity contribution >= 4 is 43.5 Å². The Morgan fingerprint density at radius 3 is 2.65 bits per heavy atom. The van der Waals surface area contributed by atoms with Crippen LogP contribution in [0, 0.1) is 0 Å². The van der Waals surface area contributed by atoms with Crippen molar-refractivity contribution in [1.29, 1.82) is 0 Å². The zero-order valence-corrected chi connectivity index (χ0v) is 12.4. The number of carboxylic acid groups (broad SMARTS) is 1. The summed E-state index contributed by atoms with van der Waals surface area (Å²) in [6, 6.07) is 12.1. The molecule has 0 saturated carbocycles. The summed E-state index contributed by atoms with van der Waals surface area (Å²) in [6.45, 7) is 0. The molecule has 1 N–H and O–H groups in total. The first-order valence-corrected chi connectivity index (χ1v) is 7.29. The zero-order chi connectivity index (χ0) is 14.3. The van der Waals surface area contributed by atoms with Gasteiger partial charge in [-0.25, -0.2) is 8.75 Å². The van der Waals surface area contributed by atoms with E-state index in [1.807, 2.05) is 12.1 Å². The highest BCUT2D eigenvalue weighted by atomic mass is 79.9. The average Bonchev–Trinajstić information content (AvgIpc) is 2.76. The van der Waals surface area contributed by atoms with Crippen molar-refractivity contribution < 1.29 is 9.90 Å². The molecule has 0 spiro atoms. The van der Waals surface area contributed by atoms with Crippen molar-refractivity contribution in [3.63, 3.8) is 0 Å². The lowest BCUT2D eigenvalue weighted by molar-refractivity contribution is 0.0697. The monoisotopic (exact) mass is 349 g/mol. The summed E-state index contributed by atoms with van der Waals surface area (Å²) in [5.41, 5.74) is 0.273. The average molecular weight is 350 g/mol. The molecule has 0 aliphatic carbocycles. The summed E-state index contributed by atoms with van der Waals surface area (Å²) in [5, 5.41) is 9.88. The molecule has 0 radical (unpaired) electrons. The Bertz CT molecular complexity index is 882. The maximum Gasteiger partial charge on any atom is 0.337 e. The van der Waals surface area contributed by atoms with E-state index in [0.29, 0.717) is 15.5 Å². The van der Waals surface area contributed by atoms with E-state index >= 15 is 0 Å². The Morgan fingerprint density at radius 2 is 1.95 bits per heavy atom. The molecule has 3 aromatic rings. The van der Waals surface area contributed by atoms with Gasteiger partial charge in [-0.1, -0.05) is 39.6 Å². The number of benzene rings is 2. The first kappa shape index (κ1) is 13.1. The summed E-state index contributed by atoms with van der Waals surface area (Å²) in [4.78, 5) is 23.7. The van der Waals surface area contributed by atoms with E-state index in [0.717, 1.165) is 4.70 Å². The number of carboxylic acids is 1. The molecule has 4 nitrogen and oxygen atoms in total. The standard InChI is InChI=1S/C14H8BrNO3S/c15-8-5-6-11(10(7-8)14(18)19)16-13(17)9-3-1-2-4-12(9)20-16/h1-7H,(H,18,19). The molecule has 20 heavy (non-hydrogen) atoms. The number of fused-ring (bicyclic) bond motifs is 1. The van der Waals surface area contributed by atoms with Gasteiger partial charge in [-0.05, 0) is 30.3 Å². The fourth-order valence-corrected chi connectivity index (χ4v) is 3.38. The first-order chi connectivity index (χ1) is 9.58. The molecule has 1 heterocycles. The van der Waals surface area contributed by atoms with Gasteiger partial charge in [-0.2, -0.15) is 0 Å². The van der Waals surface area contributed by atoms with E-state index in [2.05, 4.69) is 15.9 Å². The Labute approximate surface area is 126 Å². The molecule has 0 saturated heterocycles. The molecule has 1 aromatic heterocycles. The maximum absolute atomic E-state index is 12.4. The van der Waals surface area contributed by atoms with E-state index in [4.69, 9.17) is 0 Å². The van der Waals surface area contributed by atoms with Gasteiger partial charge in [0.2, 0.25) is 0 Å². The second kappa shape index (κ2) is 4.88. The smallest absolute Gasteiger partial charge is 0.337 e. The lowest BCUT2D eigenvalue weighted by atomic mass is 10.2. The molecule has 100 valence electrons. The highest BCUT2D eigenvalue weighted by molar-refractivity contribution is 9.10. The van der Waals surface area contributed by atoms with E-state index < -0.39 is 5.97 Å². The highest BCUT2D eigenvalue weighted by Crippen LogP contribution is 2.24. The fourth-order valence-electron chi connectivity index (χ4n) is 1.99. The van der Waals surface area contributed by atoms with Crippen LogP contribution in [0.5, 0.6) is 0 Å². The number of carbonyl (C=O) groups is 1. The Kier molecular flexibility index (Phi) is 3.19. The quantitative estimate of drug-likeness (QED) is 0.769. The number of hydrogen-bond donors (Lipinski definition) is 1. The number of halogens is 1. The minimum absolute atomic E-state index is 0.0908. The van der Waals surface area contributed by atoms with Crippen LogP contribution in [0.2, 0.25) is 0 Å². The van der Waals surface area contributed by atoms with Gasteiger partial charge in [0, 0.05) is 4.47 Å². The number of rotatable bonds is 2. The van der Waals surface area contributed by atoms with Gasteiger partial charge in [0.05, 0.1) is 21.3 Å². The Balaban J connectivity index is 2.34. The molecule has 0 amide bonds. The van der Waals surface area contributed by atoms with Crippen LogP contribution in [-0.2, 0) is 0 Å². The summed E-state index contributed by atoms with van der Waals surface area (Å²) in [7, 11) is 0. The molecule has 0 bridgehead atoms. The normalized spacial score (nSPS) is 10.8. The number of aromatic nitrogens is 1. The largest absolute Gasteiger partial charge is 0.478 e. The Hall–Kier alpha value is -1.92. The van der Waals surface area contributed by atoms with Gasteiger partial charge < -0.3 is 5.11 Å². The van der Waals surface area contributed by atoms with Gasteiger partial charge in [0.15, 0.2) is 0 Å². The summed E-state index contributed by atoms with van der Waals surface area (Å²) in [5.74, 6) is -1.06. The van der Waals surface area contributed by atoms with Crippen LogP contribution in [0.25, 0.3) is 15.8 Å². The summed E-state index contributed by atoms with van der Waals surface area (Å²) < 4.78 is 2.91.